The van der Waals surface area contributed by atoms with E-state index in [9.17, 15) is 4.79 Å². The molecular formula is C12H19N3O2S. The second kappa shape index (κ2) is 5.77. The van der Waals surface area contributed by atoms with Crippen molar-refractivity contribution in [2.45, 2.75) is 31.7 Å². The maximum Gasteiger partial charge on any atom is 0.300 e. The highest BCUT2D eigenvalue weighted by Gasteiger charge is 2.26. The summed E-state index contributed by atoms with van der Waals surface area (Å²) in [6, 6.07) is 4.01. The zero-order chi connectivity index (χ0) is 13.1. The number of amides is 1. The number of nitrogen functional groups attached to an aromatic ring is 1. The molecule has 5 nitrogen and oxygen atoms in total. The van der Waals surface area contributed by atoms with Crippen LogP contribution in [0.5, 0.6) is 0 Å². The van der Waals surface area contributed by atoms with Crippen molar-refractivity contribution in [3.05, 3.63) is 23.7 Å². The Hall–Kier alpha value is -0.980. The molecule has 0 bridgehead atoms. The van der Waals surface area contributed by atoms with Crippen LogP contribution in [-0.4, -0.2) is 34.4 Å². The minimum Gasteiger partial charge on any atom is -0.455 e. The number of carbonyl (C=O) groups is 1. The highest BCUT2D eigenvalue weighted by Crippen LogP contribution is 2.25. The molecule has 100 valence electrons. The summed E-state index contributed by atoms with van der Waals surface area (Å²) in [7, 11) is 0. The minimum absolute atomic E-state index is 0.264. The van der Waals surface area contributed by atoms with Gasteiger partial charge in [0.25, 0.3) is 0 Å². The average molecular weight is 269 g/mol. The molecule has 0 spiro atoms. The molecular weight excluding hydrogens is 250 g/mol. The van der Waals surface area contributed by atoms with Crippen LogP contribution in [0.25, 0.3) is 0 Å². The standard InChI is InChI=1S/C12H19N3O2S/c1-8-9(2)18-6-5-15(8)7-10-3-4-11(17-10)12(16)14-13/h3-4,8-9H,5-7,13H2,1-2H3,(H,14,16). The van der Waals surface area contributed by atoms with Crippen molar-refractivity contribution in [3.8, 4) is 0 Å². The second-order valence-electron chi connectivity index (χ2n) is 4.53. The van der Waals surface area contributed by atoms with Crippen LogP contribution in [-0.2, 0) is 6.54 Å². The van der Waals surface area contributed by atoms with Gasteiger partial charge in [-0.2, -0.15) is 11.8 Å². The summed E-state index contributed by atoms with van der Waals surface area (Å²) in [6.45, 7) is 6.27. The van der Waals surface area contributed by atoms with E-state index in [1.807, 2.05) is 17.8 Å². The average Bonchev–Trinajstić information content (AvgIpc) is 2.82. The first-order valence-electron chi connectivity index (χ1n) is 6.07. The van der Waals surface area contributed by atoms with Crippen molar-refractivity contribution >= 4 is 17.7 Å². The fraction of sp³-hybridized carbons (Fsp3) is 0.583. The number of hydrogen-bond acceptors (Lipinski definition) is 5. The third-order valence-electron chi connectivity index (χ3n) is 3.39. The highest BCUT2D eigenvalue weighted by molar-refractivity contribution is 8.00. The molecule has 1 aliphatic rings. The van der Waals surface area contributed by atoms with Crippen LogP contribution >= 0.6 is 11.8 Å². The largest absolute Gasteiger partial charge is 0.455 e. The number of nitrogens with one attached hydrogen (secondary N) is 1. The van der Waals surface area contributed by atoms with Crippen molar-refractivity contribution in [1.82, 2.24) is 10.3 Å². The van der Waals surface area contributed by atoms with E-state index in [-0.39, 0.29) is 5.76 Å². The molecule has 0 saturated carbocycles. The number of thioether (sulfide) groups is 1. The predicted molar refractivity (Wildman–Crippen MR) is 72.2 cm³/mol. The van der Waals surface area contributed by atoms with Crippen molar-refractivity contribution < 1.29 is 9.21 Å². The SMILES string of the molecule is CC1SCCN(Cc2ccc(C(=O)NN)o2)C1C. The van der Waals surface area contributed by atoms with Gasteiger partial charge in [0.2, 0.25) is 0 Å². The molecule has 0 radical (unpaired) electrons. The molecule has 2 atom stereocenters. The molecule has 1 aliphatic heterocycles. The number of furan rings is 1. The van der Waals surface area contributed by atoms with Gasteiger partial charge < -0.3 is 4.42 Å². The van der Waals surface area contributed by atoms with Crippen LogP contribution in [0.2, 0.25) is 0 Å². The van der Waals surface area contributed by atoms with Gasteiger partial charge >= 0.3 is 5.91 Å². The monoisotopic (exact) mass is 269 g/mol. The van der Waals surface area contributed by atoms with E-state index in [1.165, 1.54) is 0 Å². The molecule has 1 amide bonds. The number of nitrogens with two attached hydrogens (primary N) is 1. The van der Waals surface area contributed by atoms with Crippen LogP contribution in [0, 0.1) is 0 Å². The number of hydrazine groups is 1. The summed E-state index contributed by atoms with van der Waals surface area (Å²) in [5.41, 5.74) is 2.06. The topological polar surface area (TPSA) is 71.5 Å². The smallest absolute Gasteiger partial charge is 0.300 e. The summed E-state index contributed by atoms with van der Waals surface area (Å²) < 4.78 is 5.48. The maximum atomic E-state index is 11.3. The Labute approximate surface area is 111 Å². The quantitative estimate of drug-likeness (QED) is 0.490. The van der Waals surface area contributed by atoms with Gasteiger partial charge in [-0.05, 0) is 19.1 Å². The summed E-state index contributed by atoms with van der Waals surface area (Å²) in [5, 5.41) is 0.625. The summed E-state index contributed by atoms with van der Waals surface area (Å²) in [4.78, 5) is 13.7. The third-order valence-corrected chi connectivity index (χ3v) is 4.73. The van der Waals surface area contributed by atoms with E-state index in [4.69, 9.17) is 10.3 Å². The van der Waals surface area contributed by atoms with Gasteiger partial charge in [-0.25, -0.2) is 5.84 Å². The molecule has 1 saturated heterocycles. The molecule has 18 heavy (non-hydrogen) atoms. The fourth-order valence-electron chi connectivity index (χ4n) is 2.07. The predicted octanol–water partition coefficient (Wildman–Crippen LogP) is 1.21. The molecule has 1 aromatic heterocycles. The van der Waals surface area contributed by atoms with E-state index in [1.54, 1.807) is 6.07 Å². The second-order valence-corrected chi connectivity index (χ2v) is 6.01. The van der Waals surface area contributed by atoms with Gasteiger partial charge in [0.15, 0.2) is 5.76 Å². The van der Waals surface area contributed by atoms with Crippen LogP contribution in [0.4, 0.5) is 0 Å². The first kappa shape index (κ1) is 13.5. The summed E-state index contributed by atoms with van der Waals surface area (Å²) >= 11 is 2.00. The Bertz CT molecular complexity index is 421. The lowest BCUT2D eigenvalue weighted by Gasteiger charge is -2.36. The number of nitrogens with zero attached hydrogens (tertiary/aromatic N) is 1. The normalized spacial score (nSPS) is 25.1. The van der Waals surface area contributed by atoms with E-state index >= 15 is 0 Å². The zero-order valence-electron chi connectivity index (χ0n) is 10.7. The Morgan fingerprint density at radius 2 is 2.39 bits per heavy atom. The van der Waals surface area contributed by atoms with Gasteiger partial charge in [-0.1, -0.05) is 6.92 Å². The molecule has 1 fully saturated rings. The third kappa shape index (κ3) is 2.88. The molecule has 3 N–H and O–H groups in total. The van der Waals surface area contributed by atoms with Crippen molar-refractivity contribution in [2.24, 2.45) is 5.84 Å². The van der Waals surface area contributed by atoms with Gasteiger partial charge in [0, 0.05) is 23.6 Å². The molecule has 2 unspecified atom stereocenters. The van der Waals surface area contributed by atoms with Crippen LogP contribution in [0.15, 0.2) is 16.5 Å². The number of rotatable bonds is 3. The van der Waals surface area contributed by atoms with Gasteiger partial charge in [0.05, 0.1) is 6.54 Å². The molecule has 2 rings (SSSR count). The first-order chi connectivity index (χ1) is 8.61. The maximum absolute atomic E-state index is 11.3. The zero-order valence-corrected chi connectivity index (χ0v) is 11.5. The van der Waals surface area contributed by atoms with E-state index in [0.29, 0.717) is 11.3 Å². The minimum atomic E-state index is -0.392. The Morgan fingerprint density at radius 1 is 1.61 bits per heavy atom. The van der Waals surface area contributed by atoms with E-state index < -0.39 is 5.91 Å². The Kier molecular flexibility index (Phi) is 4.31. The lowest BCUT2D eigenvalue weighted by atomic mass is 10.2. The lowest BCUT2D eigenvalue weighted by Crippen LogP contribution is -2.43. The van der Waals surface area contributed by atoms with Crippen LogP contribution in [0.3, 0.4) is 0 Å². The Balaban J connectivity index is 2.00. The van der Waals surface area contributed by atoms with Crippen molar-refractivity contribution in [2.75, 3.05) is 12.3 Å². The van der Waals surface area contributed by atoms with E-state index in [2.05, 4.69) is 24.2 Å². The Morgan fingerprint density at radius 3 is 3.11 bits per heavy atom. The molecule has 1 aromatic rings. The highest BCUT2D eigenvalue weighted by atomic mass is 32.2. The van der Waals surface area contributed by atoms with Crippen LogP contribution in [0.1, 0.15) is 30.2 Å². The van der Waals surface area contributed by atoms with Gasteiger partial charge in [-0.15, -0.1) is 0 Å². The van der Waals surface area contributed by atoms with Crippen molar-refractivity contribution in [1.29, 1.82) is 0 Å². The van der Waals surface area contributed by atoms with Gasteiger partial charge in [-0.3, -0.25) is 15.1 Å². The lowest BCUT2D eigenvalue weighted by molar-refractivity contribution is 0.0920. The van der Waals surface area contributed by atoms with E-state index in [0.717, 1.165) is 24.6 Å². The molecule has 0 aromatic carbocycles. The number of hydrogen-bond donors (Lipinski definition) is 2. The molecule has 2 heterocycles. The van der Waals surface area contributed by atoms with Crippen molar-refractivity contribution in [3.63, 3.8) is 0 Å². The fourth-order valence-corrected chi connectivity index (χ4v) is 3.24. The first-order valence-corrected chi connectivity index (χ1v) is 7.12. The summed E-state index contributed by atoms with van der Waals surface area (Å²) in [6.07, 6.45) is 0. The van der Waals surface area contributed by atoms with Gasteiger partial charge in [0.1, 0.15) is 5.76 Å². The van der Waals surface area contributed by atoms with Crippen LogP contribution < -0.4 is 11.3 Å². The number of carbonyl (C=O) groups excluding carboxylic acids is 1. The molecule has 0 aliphatic carbocycles. The summed E-state index contributed by atoms with van der Waals surface area (Å²) in [5.74, 6) is 6.88. The molecule has 6 heteroatoms.